The monoisotopic (exact) mass is 318 g/mol. The molecule has 0 radical (unpaired) electrons. The van der Waals surface area contributed by atoms with Crippen molar-refractivity contribution in [2.24, 2.45) is 0 Å². The Bertz CT molecular complexity index is 713. The predicted molar refractivity (Wildman–Crippen MR) is 81.4 cm³/mol. The third-order valence-electron chi connectivity index (χ3n) is 2.93. The number of phenolic OH excluding ortho intramolecular Hbond substituents is 1. The fourth-order valence-corrected chi connectivity index (χ4v) is 4.03. The predicted octanol–water partition coefficient (Wildman–Crippen LogP) is 5.34. The van der Waals surface area contributed by atoms with Crippen LogP contribution in [0.4, 0.5) is 0 Å². The Hall–Kier alpha value is -1.32. The summed E-state index contributed by atoms with van der Waals surface area (Å²) >= 11 is 5.35. The van der Waals surface area contributed by atoms with Crippen molar-refractivity contribution in [3.63, 3.8) is 0 Å². The molecular weight excluding hydrogens is 308 g/mol. The van der Waals surface area contributed by atoms with Crippen LogP contribution in [0.3, 0.4) is 0 Å². The first kappa shape index (κ1) is 11.8. The minimum atomic E-state index is 0.312. The van der Waals surface area contributed by atoms with E-state index in [0.717, 1.165) is 14.6 Å². The van der Waals surface area contributed by atoms with E-state index in [1.165, 1.54) is 16.0 Å². The summed E-state index contributed by atoms with van der Waals surface area (Å²) in [6, 6.07) is 14.0. The summed E-state index contributed by atoms with van der Waals surface area (Å²) in [6.07, 6.45) is 0. The molecular formula is C15H11BrOS. The number of fused-ring (bicyclic) bond motifs is 1. The number of rotatable bonds is 1. The van der Waals surface area contributed by atoms with Crippen molar-refractivity contribution in [2.75, 3.05) is 0 Å². The Kier molecular flexibility index (Phi) is 2.88. The molecule has 90 valence electrons. The molecule has 2 aromatic carbocycles. The van der Waals surface area contributed by atoms with Crippen molar-refractivity contribution in [1.82, 2.24) is 0 Å². The Morgan fingerprint density at radius 3 is 2.50 bits per heavy atom. The molecule has 0 saturated heterocycles. The normalized spacial score (nSPS) is 11.0. The first-order valence-corrected chi connectivity index (χ1v) is 7.24. The van der Waals surface area contributed by atoms with Gasteiger partial charge in [0.1, 0.15) is 5.75 Å². The Labute approximate surface area is 118 Å². The summed E-state index contributed by atoms with van der Waals surface area (Å²) in [5, 5.41) is 10.7. The highest BCUT2D eigenvalue weighted by molar-refractivity contribution is 9.10. The van der Waals surface area contributed by atoms with Gasteiger partial charge in [0.2, 0.25) is 0 Å². The first-order valence-electron chi connectivity index (χ1n) is 5.63. The zero-order valence-corrected chi connectivity index (χ0v) is 12.2. The fraction of sp³-hybridized carbons (Fsp3) is 0.0667. The van der Waals surface area contributed by atoms with Gasteiger partial charge in [-0.25, -0.2) is 0 Å². The minimum absolute atomic E-state index is 0.312. The van der Waals surface area contributed by atoms with Crippen molar-refractivity contribution in [3.8, 4) is 16.2 Å². The lowest BCUT2D eigenvalue weighted by Crippen LogP contribution is -1.74. The van der Waals surface area contributed by atoms with Crippen LogP contribution in [0.25, 0.3) is 20.5 Å². The van der Waals surface area contributed by atoms with Gasteiger partial charge >= 0.3 is 0 Å². The second-order valence-corrected chi connectivity index (χ2v) is 6.14. The number of hydrogen-bond donors (Lipinski definition) is 1. The van der Waals surface area contributed by atoms with Crippen LogP contribution >= 0.6 is 27.3 Å². The molecule has 1 aromatic heterocycles. The Morgan fingerprint density at radius 2 is 1.78 bits per heavy atom. The lowest BCUT2D eigenvalue weighted by atomic mass is 10.1. The van der Waals surface area contributed by atoms with Gasteiger partial charge in [-0.1, -0.05) is 29.8 Å². The van der Waals surface area contributed by atoms with Crippen LogP contribution in [0.1, 0.15) is 5.56 Å². The third-order valence-corrected chi connectivity index (χ3v) is 5.21. The van der Waals surface area contributed by atoms with E-state index in [9.17, 15) is 5.11 Å². The van der Waals surface area contributed by atoms with E-state index < -0.39 is 0 Å². The standard InChI is InChI=1S/C15H11BrOS/c1-9-2-4-10(5-3-9)15-14(16)12-7-6-11(17)8-13(12)18-15/h2-8,17H,1H3. The number of benzene rings is 2. The molecule has 0 amide bonds. The maximum atomic E-state index is 9.53. The van der Waals surface area contributed by atoms with E-state index in [1.54, 1.807) is 17.4 Å². The summed E-state index contributed by atoms with van der Waals surface area (Å²) in [4.78, 5) is 1.20. The second-order valence-electron chi connectivity index (χ2n) is 4.29. The van der Waals surface area contributed by atoms with E-state index in [2.05, 4.69) is 47.1 Å². The van der Waals surface area contributed by atoms with E-state index in [4.69, 9.17) is 0 Å². The van der Waals surface area contributed by atoms with Gasteiger partial charge in [-0.2, -0.15) is 0 Å². The molecule has 0 aliphatic rings. The van der Waals surface area contributed by atoms with Crippen molar-refractivity contribution < 1.29 is 5.11 Å². The van der Waals surface area contributed by atoms with Crippen LogP contribution in [0.15, 0.2) is 46.9 Å². The zero-order valence-electron chi connectivity index (χ0n) is 9.77. The number of aromatic hydroxyl groups is 1. The molecule has 1 nitrogen and oxygen atoms in total. The van der Waals surface area contributed by atoms with Crippen molar-refractivity contribution in [1.29, 1.82) is 0 Å². The van der Waals surface area contributed by atoms with Crippen LogP contribution in [0, 0.1) is 6.92 Å². The van der Waals surface area contributed by atoms with Crippen molar-refractivity contribution >= 4 is 37.4 Å². The van der Waals surface area contributed by atoms with Gasteiger partial charge in [0, 0.05) is 19.4 Å². The molecule has 0 bridgehead atoms. The van der Waals surface area contributed by atoms with E-state index in [0.29, 0.717) is 5.75 Å². The molecule has 1 heterocycles. The SMILES string of the molecule is Cc1ccc(-c2sc3cc(O)ccc3c2Br)cc1. The van der Waals surface area contributed by atoms with E-state index in [-0.39, 0.29) is 0 Å². The molecule has 0 aliphatic carbocycles. The minimum Gasteiger partial charge on any atom is -0.508 e. The lowest BCUT2D eigenvalue weighted by molar-refractivity contribution is 0.476. The summed E-state index contributed by atoms with van der Waals surface area (Å²) in [6.45, 7) is 2.09. The molecule has 0 aliphatic heterocycles. The molecule has 3 heteroatoms. The second kappa shape index (κ2) is 4.41. The number of halogens is 1. The van der Waals surface area contributed by atoms with Gasteiger partial charge in [0.05, 0.1) is 0 Å². The number of phenols is 1. The van der Waals surface area contributed by atoms with Crippen LogP contribution in [-0.4, -0.2) is 5.11 Å². The molecule has 0 fully saturated rings. The first-order chi connectivity index (χ1) is 8.65. The van der Waals surface area contributed by atoms with Crippen LogP contribution < -0.4 is 0 Å². The van der Waals surface area contributed by atoms with Gasteiger partial charge in [-0.3, -0.25) is 0 Å². The topological polar surface area (TPSA) is 20.2 Å². The van der Waals surface area contributed by atoms with Crippen molar-refractivity contribution in [2.45, 2.75) is 6.92 Å². The summed E-state index contributed by atoms with van der Waals surface area (Å²) < 4.78 is 2.20. The van der Waals surface area contributed by atoms with Gasteiger partial charge in [-0.05, 0) is 46.6 Å². The Balaban J connectivity index is 2.23. The number of aryl methyl sites for hydroxylation is 1. The summed E-state index contributed by atoms with van der Waals surface area (Å²) in [5.41, 5.74) is 2.46. The maximum absolute atomic E-state index is 9.53. The molecule has 0 saturated carbocycles. The van der Waals surface area contributed by atoms with Gasteiger partial charge in [-0.15, -0.1) is 11.3 Å². The molecule has 3 aromatic rings. The maximum Gasteiger partial charge on any atom is 0.117 e. The van der Waals surface area contributed by atoms with Gasteiger partial charge in [0.25, 0.3) is 0 Å². The summed E-state index contributed by atoms with van der Waals surface area (Å²) in [5.74, 6) is 0.312. The Morgan fingerprint density at radius 1 is 1.06 bits per heavy atom. The quantitative estimate of drug-likeness (QED) is 0.641. The number of hydrogen-bond acceptors (Lipinski definition) is 2. The molecule has 3 rings (SSSR count). The zero-order chi connectivity index (χ0) is 12.7. The summed E-state index contributed by atoms with van der Waals surface area (Å²) in [7, 11) is 0. The van der Waals surface area contributed by atoms with Gasteiger partial charge in [0.15, 0.2) is 0 Å². The van der Waals surface area contributed by atoms with E-state index in [1.807, 2.05) is 12.1 Å². The third kappa shape index (κ3) is 1.93. The molecule has 0 unspecified atom stereocenters. The highest BCUT2D eigenvalue weighted by atomic mass is 79.9. The van der Waals surface area contributed by atoms with Crippen molar-refractivity contribution in [3.05, 3.63) is 52.5 Å². The van der Waals surface area contributed by atoms with Gasteiger partial charge < -0.3 is 5.11 Å². The molecule has 1 N–H and O–H groups in total. The highest BCUT2D eigenvalue weighted by Gasteiger charge is 2.11. The largest absolute Gasteiger partial charge is 0.508 e. The van der Waals surface area contributed by atoms with Crippen LogP contribution in [-0.2, 0) is 0 Å². The molecule has 0 atom stereocenters. The van der Waals surface area contributed by atoms with E-state index >= 15 is 0 Å². The lowest BCUT2D eigenvalue weighted by Gasteiger charge is -1.99. The van der Waals surface area contributed by atoms with Crippen LogP contribution in [0.5, 0.6) is 5.75 Å². The number of thiophene rings is 1. The van der Waals surface area contributed by atoms with Crippen LogP contribution in [0.2, 0.25) is 0 Å². The fourth-order valence-electron chi connectivity index (χ4n) is 1.94. The smallest absolute Gasteiger partial charge is 0.117 e. The highest BCUT2D eigenvalue weighted by Crippen LogP contribution is 2.43. The average Bonchev–Trinajstić information content (AvgIpc) is 2.67. The molecule has 18 heavy (non-hydrogen) atoms. The average molecular weight is 319 g/mol. The molecule has 0 spiro atoms.